The average Bonchev–Trinajstić information content (AvgIpc) is 2.48. The maximum absolute atomic E-state index is 11.8. The molecule has 0 saturated carbocycles. The van der Waals surface area contributed by atoms with Gasteiger partial charge in [-0.05, 0) is 28.1 Å². The van der Waals surface area contributed by atoms with Crippen molar-refractivity contribution in [2.24, 2.45) is 0 Å². The monoisotopic (exact) mass is 352 g/mol. The van der Waals surface area contributed by atoms with E-state index in [4.69, 9.17) is 6.42 Å². The lowest BCUT2D eigenvalue weighted by Gasteiger charge is -2.07. The van der Waals surface area contributed by atoms with Crippen LogP contribution in [0.1, 0.15) is 10.4 Å². The number of halogens is 1. The van der Waals surface area contributed by atoms with Crippen molar-refractivity contribution < 1.29 is 19.1 Å². The Balaban J connectivity index is 2.34. The van der Waals surface area contributed by atoms with Crippen molar-refractivity contribution in [2.75, 3.05) is 19.7 Å². The number of carbonyl (C=O) groups excluding carboxylic acids is 3. The molecule has 1 aromatic rings. The van der Waals surface area contributed by atoms with Gasteiger partial charge in [0.15, 0.2) is 6.61 Å². The molecule has 0 atom stereocenters. The van der Waals surface area contributed by atoms with E-state index in [-0.39, 0.29) is 13.1 Å². The van der Waals surface area contributed by atoms with E-state index < -0.39 is 24.4 Å². The minimum absolute atomic E-state index is 0.0646. The normalized spacial score (nSPS) is 9.33. The molecule has 0 spiro atoms. The second kappa shape index (κ2) is 8.76. The van der Waals surface area contributed by atoms with Crippen molar-refractivity contribution in [3.63, 3.8) is 0 Å². The molecule has 110 valence electrons. The summed E-state index contributed by atoms with van der Waals surface area (Å²) >= 11 is 3.23. The van der Waals surface area contributed by atoms with E-state index in [1.54, 1.807) is 24.3 Å². The number of ether oxygens (including phenoxy) is 1. The number of terminal acetylenes is 1. The molecular weight excluding hydrogens is 340 g/mol. The summed E-state index contributed by atoms with van der Waals surface area (Å²) in [5.41, 5.74) is 0.400. The molecule has 0 aliphatic carbocycles. The zero-order valence-electron chi connectivity index (χ0n) is 11.0. The van der Waals surface area contributed by atoms with Gasteiger partial charge in [0.1, 0.15) is 6.54 Å². The lowest BCUT2D eigenvalue weighted by molar-refractivity contribution is -0.147. The minimum Gasteiger partial charge on any atom is -0.454 e. The summed E-state index contributed by atoms with van der Waals surface area (Å²) in [5.74, 6) is 0.578. The first kappa shape index (κ1) is 16.7. The van der Waals surface area contributed by atoms with Gasteiger partial charge in [-0.1, -0.05) is 18.1 Å². The van der Waals surface area contributed by atoms with E-state index >= 15 is 0 Å². The standard InChI is InChI=1S/C14H13BrN2O4/c1-2-7-16-12(18)9-21-13(19)8-17-14(20)10-5-3-4-6-11(10)15/h1,3-6H,7-9H2,(H,16,18)(H,17,20). The van der Waals surface area contributed by atoms with Gasteiger partial charge >= 0.3 is 5.97 Å². The van der Waals surface area contributed by atoms with Gasteiger partial charge in [0.05, 0.1) is 12.1 Å². The van der Waals surface area contributed by atoms with Crippen molar-refractivity contribution in [1.82, 2.24) is 10.6 Å². The Morgan fingerprint density at radius 2 is 1.95 bits per heavy atom. The second-order valence-electron chi connectivity index (χ2n) is 3.80. The molecule has 0 radical (unpaired) electrons. The topological polar surface area (TPSA) is 84.5 Å². The van der Waals surface area contributed by atoms with Crippen LogP contribution in [0, 0.1) is 12.3 Å². The summed E-state index contributed by atoms with van der Waals surface area (Å²) in [7, 11) is 0. The molecular formula is C14H13BrN2O4. The van der Waals surface area contributed by atoms with Crippen LogP contribution in [-0.2, 0) is 14.3 Å². The number of benzene rings is 1. The molecule has 0 aromatic heterocycles. The van der Waals surface area contributed by atoms with Gasteiger partial charge in [-0.15, -0.1) is 6.42 Å². The number of nitrogens with one attached hydrogen (secondary N) is 2. The summed E-state index contributed by atoms with van der Waals surface area (Å²) in [6.45, 7) is -0.705. The van der Waals surface area contributed by atoms with Crippen LogP contribution in [0.2, 0.25) is 0 Å². The number of rotatable bonds is 6. The predicted octanol–water partition coefficient (Wildman–Crippen LogP) is 0.472. The lowest BCUT2D eigenvalue weighted by Crippen LogP contribution is -2.34. The summed E-state index contributed by atoms with van der Waals surface area (Å²) in [5, 5.41) is 4.74. The van der Waals surface area contributed by atoms with Gasteiger partial charge in [0, 0.05) is 4.47 Å². The molecule has 0 unspecified atom stereocenters. The van der Waals surface area contributed by atoms with Crippen molar-refractivity contribution in [3.8, 4) is 12.3 Å². The average molecular weight is 353 g/mol. The Morgan fingerprint density at radius 3 is 2.62 bits per heavy atom. The highest BCUT2D eigenvalue weighted by Gasteiger charge is 2.12. The molecule has 1 rings (SSSR count). The van der Waals surface area contributed by atoms with Crippen LogP contribution in [0.3, 0.4) is 0 Å². The Kier molecular flexibility index (Phi) is 6.98. The first-order chi connectivity index (χ1) is 10.0. The predicted molar refractivity (Wildman–Crippen MR) is 79.3 cm³/mol. The third-order valence-corrected chi connectivity index (χ3v) is 2.96. The SMILES string of the molecule is C#CCNC(=O)COC(=O)CNC(=O)c1ccccc1Br. The fourth-order valence-electron chi connectivity index (χ4n) is 1.29. The third-order valence-electron chi connectivity index (χ3n) is 2.26. The van der Waals surface area contributed by atoms with Crippen LogP contribution in [0.15, 0.2) is 28.7 Å². The maximum atomic E-state index is 11.8. The van der Waals surface area contributed by atoms with E-state index in [0.717, 1.165) is 0 Å². The molecule has 7 heteroatoms. The molecule has 6 nitrogen and oxygen atoms in total. The number of hydrogen-bond donors (Lipinski definition) is 2. The summed E-state index contributed by atoms with van der Waals surface area (Å²) in [6.07, 6.45) is 4.96. The van der Waals surface area contributed by atoms with Gasteiger partial charge in [0.25, 0.3) is 11.8 Å². The number of hydrogen-bond acceptors (Lipinski definition) is 4. The molecule has 0 heterocycles. The van der Waals surface area contributed by atoms with E-state index in [1.165, 1.54) is 0 Å². The Bertz CT molecular complexity index is 581. The van der Waals surface area contributed by atoms with Crippen molar-refractivity contribution in [3.05, 3.63) is 34.3 Å². The van der Waals surface area contributed by atoms with Crippen LogP contribution < -0.4 is 10.6 Å². The van der Waals surface area contributed by atoms with E-state index in [9.17, 15) is 14.4 Å². The fourth-order valence-corrected chi connectivity index (χ4v) is 1.76. The molecule has 0 aliphatic heterocycles. The zero-order chi connectivity index (χ0) is 15.7. The van der Waals surface area contributed by atoms with Crippen LogP contribution in [0.4, 0.5) is 0 Å². The molecule has 0 saturated heterocycles. The molecule has 0 bridgehead atoms. The lowest BCUT2D eigenvalue weighted by atomic mass is 10.2. The second-order valence-corrected chi connectivity index (χ2v) is 4.66. The van der Waals surface area contributed by atoms with Gasteiger partial charge < -0.3 is 15.4 Å². The van der Waals surface area contributed by atoms with Crippen LogP contribution in [0.5, 0.6) is 0 Å². The molecule has 2 N–H and O–H groups in total. The van der Waals surface area contributed by atoms with E-state index in [0.29, 0.717) is 10.0 Å². The van der Waals surface area contributed by atoms with Crippen LogP contribution in [0.25, 0.3) is 0 Å². The highest BCUT2D eigenvalue weighted by atomic mass is 79.9. The third kappa shape index (κ3) is 6.10. The zero-order valence-corrected chi connectivity index (χ0v) is 12.6. The maximum Gasteiger partial charge on any atom is 0.325 e. The Morgan fingerprint density at radius 1 is 1.24 bits per heavy atom. The largest absolute Gasteiger partial charge is 0.454 e. The summed E-state index contributed by atoms with van der Waals surface area (Å²) in [4.78, 5) is 34.3. The molecule has 0 aliphatic rings. The van der Waals surface area contributed by atoms with E-state index in [1.807, 2.05) is 0 Å². The van der Waals surface area contributed by atoms with Crippen molar-refractivity contribution >= 4 is 33.7 Å². The van der Waals surface area contributed by atoms with Crippen molar-refractivity contribution in [2.45, 2.75) is 0 Å². The Hall–Kier alpha value is -2.33. The fraction of sp³-hybridized carbons (Fsp3) is 0.214. The summed E-state index contributed by atoms with van der Waals surface area (Å²) in [6, 6.07) is 6.79. The molecule has 0 fully saturated rings. The Labute approximate surface area is 130 Å². The van der Waals surface area contributed by atoms with Gasteiger partial charge in [-0.25, -0.2) is 0 Å². The number of amides is 2. The minimum atomic E-state index is -0.716. The highest BCUT2D eigenvalue weighted by Crippen LogP contribution is 2.15. The van der Waals surface area contributed by atoms with Crippen LogP contribution in [-0.4, -0.2) is 37.5 Å². The molecule has 2 amide bonds. The first-order valence-electron chi connectivity index (χ1n) is 5.93. The van der Waals surface area contributed by atoms with Gasteiger partial charge in [0.2, 0.25) is 0 Å². The molecule has 1 aromatic carbocycles. The van der Waals surface area contributed by atoms with Crippen LogP contribution >= 0.6 is 15.9 Å². The highest BCUT2D eigenvalue weighted by molar-refractivity contribution is 9.10. The quantitative estimate of drug-likeness (QED) is 0.575. The first-order valence-corrected chi connectivity index (χ1v) is 6.72. The number of carbonyl (C=O) groups is 3. The molecule has 21 heavy (non-hydrogen) atoms. The van der Waals surface area contributed by atoms with Gasteiger partial charge in [-0.2, -0.15) is 0 Å². The number of esters is 1. The van der Waals surface area contributed by atoms with Crippen molar-refractivity contribution in [1.29, 1.82) is 0 Å². The summed E-state index contributed by atoms with van der Waals surface area (Å²) < 4.78 is 5.29. The van der Waals surface area contributed by atoms with E-state index in [2.05, 4.69) is 37.2 Å². The van der Waals surface area contributed by atoms with Gasteiger partial charge in [-0.3, -0.25) is 14.4 Å². The smallest absolute Gasteiger partial charge is 0.325 e.